The van der Waals surface area contributed by atoms with E-state index >= 15 is 0 Å². The first-order chi connectivity index (χ1) is 4.91. The van der Waals surface area contributed by atoms with Crippen molar-refractivity contribution < 1.29 is 0 Å². The molecule has 1 heteroatoms. The molecule has 1 radical (unpaired) electrons. The van der Waals surface area contributed by atoms with Gasteiger partial charge in [0.05, 0.1) is 0 Å². The van der Waals surface area contributed by atoms with E-state index in [9.17, 15) is 0 Å². The molecule has 0 N–H and O–H groups in total. The Balaban J connectivity index is 2.82. The zero-order valence-electron chi connectivity index (χ0n) is 6.49. The van der Waals surface area contributed by atoms with Gasteiger partial charge in [-0.05, 0) is 16.8 Å². The molecule has 0 aromatic carbocycles. The van der Waals surface area contributed by atoms with E-state index in [-0.39, 0.29) is 0 Å². The topological polar surface area (TPSA) is 0 Å². The van der Waals surface area contributed by atoms with Crippen molar-refractivity contribution in [2.45, 2.75) is 39.0 Å². The van der Waals surface area contributed by atoms with Crippen LogP contribution >= 0.6 is 22.6 Å². The third-order valence-electron chi connectivity index (χ3n) is 1.33. The smallest absolute Gasteiger partial charge is 0.0181 e. The quantitative estimate of drug-likeness (QED) is 0.397. The fourth-order valence-corrected chi connectivity index (χ4v) is 0.972. The van der Waals surface area contributed by atoms with Gasteiger partial charge in [-0.25, -0.2) is 0 Å². The largest absolute Gasteiger partial charge is 0.0916 e. The van der Waals surface area contributed by atoms with E-state index in [4.69, 9.17) is 0 Å². The minimum Gasteiger partial charge on any atom is -0.0916 e. The van der Waals surface area contributed by atoms with E-state index < -0.39 is 0 Å². The molecule has 0 fully saturated rings. The van der Waals surface area contributed by atoms with E-state index in [1.165, 1.54) is 25.7 Å². The molecule has 0 aliphatic rings. The van der Waals surface area contributed by atoms with Gasteiger partial charge < -0.3 is 0 Å². The molecule has 0 atom stereocenters. The second kappa shape index (κ2) is 9.29. The molecule has 0 heterocycles. The molecule has 10 heavy (non-hydrogen) atoms. The number of hydrogen-bond donors (Lipinski definition) is 0. The van der Waals surface area contributed by atoms with Crippen molar-refractivity contribution in [3.8, 4) is 9.85 Å². The fourth-order valence-electron chi connectivity index (χ4n) is 0.751. The highest BCUT2D eigenvalue weighted by Gasteiger charge is 1.85. The van der Waals surface area contributed by atoms with Crippen LogP contribution in [0.3, 0.4) is 0 Å². The number of unbranched alkanes of at least 4 members (excludes halogenated alkanes) is 5. The van der Waals surface area contributed by atoms with Crippen LogP contribution in [0.15, 0.2) is 0 Å². The number of rotatable bonds is 5. The van der Waals surface area contributed by atoms with Gasteiger partial charge in [0.15, 0.2) is 0 Å². The van der Waals surface area contributed by atoms with Gasteiger partial charge in [0.25, 0.3) is 0 Å². The van der Waals surface area contributed by atoms with Crippen LogP contribution in [-0.2, 0) is 0 Å². The summed E-state index contributed by atoms with van der Waals surface area (Å²) in [5.74, 6) is 3.01. The summed E-state index contributed by atoms with van der Waals surface area (Å²) in [6.45, 7) is 2.23. The van der Waals surface area contributed by atoms with Crippen molar-refractivity contribution in [2.75, 3.05) is 0 Å². The Morgan fingerprint density at radius 1 is 1.40 bits per heavy atom. The fraction of sp³-hybridized carbons (Fsp3) is 0.667. The first kappa shape index (κ1) is 10.3. The molecule has 0 nitrogen and oxygen atoms in total. The van der Waals surface area contributed by atoms with Gasteiger partial charge in [0.1, 0.15) is 0 Å². The summed E-state index contributed by atoms with van der Waals surface area (Å²) < 4.78 is 2.85. The Morgan fingerprint density at radius 2 is 2.20 bits per heavy atom. The van der Waals surface area contributed by atoms with E-state index in [1.807, 2.05) is 0 Å². The van der Waals surface area contributed by atoms with Gasteiger partial charge >= 0.3 is 0 Å². The monoisotopic (exact) mass is 249 g/mol. The molecule has 57 valence electrons. The maximum absolute atomic E-state index is 3.01. The van der Waals surface area contributed by atoms with Crippen molar-refractivity contribution in [3.63, 3.8) is 0 Å². The van der Waals surface area contributed by atoms with Crippen LogP contribution in [0.25, 0.3) is 0 Å². The molecule has 0 rings (SSSR count). The first-order valence-corrected chi connectivity index (χ1v) is 4.89. The zero-order chi connectivity index (χ0) is 7.66. The molecule has 0 aliphatic carbocycles. The molecule has 0 spiro atoms. The van der Waals surface area contributed by atoms with Crippen LogP contribution in [-0.4, -0.2) is 0 Å². The molecule has 0 unspecified atom stereocenters. The standard InChI is InChI=1S/C9H14I/c1-2-3-4-5-6-7-8-9-10/h6H,2-5,7H2,1H3. The zero-order valence-corrected chi connectivity index (χ0v) is 8.65. The maximum atomic E-state index is 3.01. The summed E-state index contributed by atoms with van der Waals surface area (Å²) in [5, 5.41) is 0. The van der Waals surface area contributed by atoms with Crippen LogP contribution in [0, 0.1) is 16.3 Å². The number of halogens is 1. The van der Waals surface area contributed by atoms with E-state index in [0.29, 0.717) is 0 Å². The minimum atomic E-state index is 0.965. The second-order valence-electron chi connectivity index (χ2n) is 2.26. The Bertz CT molecular complexity index is 108. The first-order valence-electron chi connectivity index (χ1n) is 3.82. The van der Waals surface area contributed by atoms with Crippen LogP contribution < -0.4 is 0 Å². The highest BCUT2D eigenvalue weighted by Crippen LogP contribution is 2.02. The maximum Gasteiger partial charge on any atom is 0.0181 e. The molecule has 0 aromatic heterocycles. The molecule has 0 aliphatic heterocycles. The van der Waals surface area contributed by atoms with Crippen LogP contribution in [0.4, 0.5) is 0 Å². The van der Waals surface area contributed by atoms with E-state index in [0.717, 1.165) is 6.42 Å². The lowest BCUT2D eigenvalue weighted by molar-refractivity contribution is 0.705. The van der Waals surface area contributed by atoms with Gasteiger partial charge in [-0.1, -0.05) is 32.1 Å². The van der Waals surface area contributed by atoms with Gasteiger partial charge in [-0.3, -0.25) is 0 Å². The van der Waals surface area contributed by atoms with Gasteiger partial charge in [-0.2, -0.15) is 0 Å². The summed E-state index contributed by atoms with van der Waals surface area (Å²) >= 11 is 2.07. The van der Waals surface area contributed by atoms with Crippen molar-refractivity contribution >= 4 is 22.6 Å². The Hall–Kier alpha value is 0.290. The van der Waals surface area contributed by atoms with Gasteiger partial charge in [0.2, 0.25) is 0 Å². The van der Waals surface area contributed by atoms with Gasteiger partial charge in [0, 0.05) is 29.0 Å². The highest BCUT2D eigenvalue weighted by atomic mass is 127. The Kier molecular flexibility index (Phi) is 9.56. The predicted octanol–water partition coefficient (Wildman–Crippen LogP) is 3.56. The second-order valence-corrected chi connectivity index (χ2v) is 2.80. The average molecular weight is 249 g/mol. The highest BCUT2D eigenvalue weighted by molar-refractivity contribution is 14.1. The number of hydrogen-bond acceptors (Lipinski definition) is 0. The van der Waals surface area contributed by atoms with Gasteiger partial charge in [-0.15, -0.1) is 0 Å². The van der Waals surface area contributed by atoms with Crippen molar-refractivity contribution in [2.24, 2.45) is 0 Å². The molecule has 0 bridgehead atoms. The Labute approximate surface area is 77.9 Å². The minimum absolute atomic E-state index is 0.965. The third kappa shape index (κ3) is 8.29. The SMILES string of the molecule is CCCCC[CH]CC#CI. The normalized spacial score (nSPS) is 8.60. The van der Waals surface area contributed by atoms with Crippen LogP contribution in [0.2, 0.25) is 0 Å². The molecular weight excluding hydrogens is 235 g/mol. The summed E-state index contributed by atoms with van der Waals surface area (Å²) in [6.07, 6.45) is 8.46. The van der Waals surface area contributed by atoms with Crippen molar-refractivity contribution in [3.05, 3.63) is 6.42 Å². The van der Waals surface area contributed by atoms with Crippen molar-refractivity contribution in [1.82, 2.24) is 0 Å². The lowest BCUT2D eigenvalue weighted by Gasteiger charge is -1.93. The summed E-state index contributed by atoms with van der Waals surface area (Å²) in [7, 11) is 0. The summed E-state index contributed by atoms with van der Waals surface area (Å²) in [4.78, 5) is 0. The molecule has 0 saturated carbocycles. The lowest BCUT2D eigenvalue weighted by Crippen LogP contribution is -1.76. The average Bonchev–Trinajstić information content (AvgIpc) is 1.97. The predicted molar refractivity (Wildman–Crippen MR) is 54.9 cm³/mol. The molecular formula is C9H14I. The van der Waals surface area contributed by atoms with Crippen molar-refractivity contribution in [1.29, 1.82) is 0 Å². The molecule has 0 saturated heterocycles. The van der Waals surface area contributed by atoms with Crippen LogP contribution in [0.1, 0.15) is 39.0 Å². The van der Waals surface area contributed by atoms with E-state index in [1.54, 1.807) is 0 Å². The summed E-state index contributed by atoms with van der Waals surface area (Å²) in [5.41, 5.74) is 0. The Morgan fingerprint density at radius 3 is 2.80 bits per heavy atom. The molecule has 0 aromatic rings. The molecule has 0 amide bonds. The van der Waals surface area contributed by atoms with E-state index in [2.05, 4.69) is 45.8 Å². The summed E-state index contributed by atoms with van der Waals surface area (Å²) in [6, 6.07) is 0. The third-order valence-corrected chi connectivity index (χ3v) is 1.71. The van der Waals surface area contributed by atoms with Crippen LogP contribution in [0.5, 0.6) is 0 Å². The lowest BCUT2D eigenvalue weighted by atomic mass is 10.1.